The van der Waals surface area contributed by atoms with Gasteiger partial charge in [-0.1, -0.05) is 30.3 Å². The first-order valence-corrected chi connectivity index (χ1v) is 10.4. The normalized spacial score (nSPS) is 17.8. The van der Waals surface area contributed by atoms with Crippen LogP contribution in [0.25, 0.3) is 12.2 Å². The molecule has 0 aromatic heterocycles. The number of ketones is 1. The topological polar surface area (TPSA) is 17.1 Å². The molecule has 2 aromatic carbocycles. The predicted molar refractivity (Wildman–Crippen MR) is 107 cm³/mol. The van der Waals surface area contributed by atoms with Crippen LogP contribution in [0.4, 0.5) is 0 Å². The Hall–Kier alpha value is -1.71. The first-order chi connectivity index (χ1) is 11.7. The zero-order valence-corrected chi connectivity index (χ0v) is 15.5. The summed E-state index contributed by atoms with van der Waals surface area (Å²) in [5.74, 6) is 0.246. The van der Waals surface area contributed by atoms with Crippen LogP contribution in [-0.4, -0.2) is 18.3 Å². The summed E-state index contributed by atoms with van der Waals surface area (Å²) in [5, 5.41) is 0. The Kier molecular flexibility index (Phi) is 5.64. The van der Waals surface area contributed by atoms with Gasteiger partial charge in [0.1, 0.15) is 0 Å². The van der Waals surface area contributed by atoms with E-state index >= 15 is 0 Å². The standard InChI is InChI=1S/C21H20OS2/c1-23-18-8-3-15(4-9-18)13-17-7-12-21(22)20(17)14-16-5-10-19(24-2)11-6-16/h3-6,8-11,13-14H,7,12H2,1-2H3. The van der Waals surface area contributed by atoms with Gasteiger partial charge in [0, 0.05) is 21.8 Å². The van der Waals surface area contributed by atoms with Crippen molar-refractivity contribution in [2.75, 3.05) is 12.5 Å². The number of benzene rings is 2. The highest BCUT2D eigenvalue weighted by Gasteiger charge is 2.22. The van der Waals surface area contributed by atoms with E-state index < -0.39 is 0 Å². The Morgan fingerprint density at radius 3 is 1.75 bits per heavy atom. The maximum atomic E-state index is 12.3. The Labute approximate surface area is 152 Å². The molecule has 0 heterocycles. The van der Waals surface area contributed by atoms with Gasteiger partial charge in [-0.2, -0.15) is 0 Å². The molecule has 3 rings (SSSR count). The Bertz CT molecular complexity index is 784. The van der Waals surface area contributed by atoms with Crippen LogP contribution in [-0.2, 0) is 4.79 Å². The molecule has 1 aliphatic rings. The molecule has 1 nitrogen and oxygen atoms in total. The highest BCUT2D eigenvalue weighted by Crippen LogP contribution is 2.31. The van der Waals surface area contributed by atoms with Gasteiger partial charge in [-0.3, -0.25) is 4.79 Å². The van der Waals surface area contributed by atoms with Crippen LogP contribution in [0.15, 0.2) is 69.5 Å². The van der Waals surface area contributed by atoms with Gasteiger partial charge in [-0.15, -0.1) is 23.5 Å². The van der Waals surface area contributed by atoms with E-state index in [1.54, 1.807) is 23.5 Å². The summed E-state index contributed by atoms with van der Waals surface area (Å²) >= 11 is 3.46. The first-order valence-electron chi connectivity index (χ1n) is 7.93. The van der Waals surface area contributed by atoms with Crippen LogP contribution >= 0.6 is 23.5 Å². The van der Waals surface area contributed by atoms with Crippen molar-refractivity contribution in [3.8, 4) is 0 Å². The van der Waals surface area contributed by atoms with Crippen LogP contribution in [0.1, 0.15) is 24.0 Å². The van der Waals surface area contributed by atoms with Crippen molar-refractivity contribution in [1.29, 1.82) is 0 Å². The summed E-state index contributed by atoms with van der Waals surface area (Å²) in [6, 6.07) is 16.8. The van der Waals surface area contributed by atoms with Crippen molar-refractivity contribution in [1.82, 2.24) is 0 Å². The predicted octanol–water partition coefficient (Wildman–Crippen LogP) is 5.96. The molecule has 0 bridgehead atoms. The molecule has 0 spiro atoms. The van der Waals surface area contributed by atoms with Gasteiger partial charge in [0.2, 0.25) is 0 Å². The summed E-state index contributed by atoms with van der Waals surface area (Å²) in [6.45, 7) is 0. The molecule has 0 saturated heterocycles. The molecule has 1 aliphatic carbocycles. The zero-order chi connectivity index (χ0) is 16.9. The van der Waals surface area contributed by atoms with Gasteiger partial charge >= 0.3 is 0 Å². The molecule has 0 amide bonds. The van der Waals surface area contributed by atoms with Crippen LogP contribution < -0.4 is 0 Å². The van der Waals surface area contributed by atoms with E-state index in [0.29, 0.717) is 6.42 Å². The second-order valence-electron chi connectivity index (χ2n) is 5.70. The molecule has 0 radical (unpaired) electrons. The summed E-state index contributed by atoms with van der Waals surface area (Å²) in [7, 11) is 0. The van der Waals surface area contributed by atoms with Crippen molar-refractivity contribution in [2.45, 2.75) is 22.6 Å². The average molecular weight is 353 g/mol. The summed E-state index contributed by atoms with van der Waals surface area (Å²) < 4.78 is 0. The van der Waals surface area contributed by atoms with Crippen molar-refractivity contribution >= 4 is 41.5 Å². The van der Waals surface area contributed by atoms with Gasteiger partial charge in [0.15, 0.2) is 5.78 Å². The SMILES string of the molecule is CSc1ccc(C=C2CCC(=O)C2=Cc2ccc(SC)cc2)cc1. The minimum atomic E-state index is 0.246. The number of carbonyl (C=O) groups is 1. The fourth-order valence-corrected chi connectivity index (χ4v) is 3.60. The highest BCUT2D eigenvalue weighted by atomic mass is 32.2. The molecule has 3 heteroatoms. The molecule has 24 heavy (non-hydrogen) atoms. The minimum absolute atomic E-state index is 0.246. The van der Waals surface area contributed by atoms with E-state index in [2.05, 4.69) is 67.1 Å². The van der Waals surface area contributed by atoms with E-state index in [9.17, 15) is 4.79 Å². The molecule has 2 aromatic rings. The number of hydrogen-bond donors (Lipinski definition) is 0. The van der Waals surface area contributed by atoms with Gasteiger partial charge in [0.25, 0.3) is 0 Å². The maximum absolute atomic E-state index is 12.3. The Morgan fingerprint density at radius 2 is 1.25 bits per heavy atom. The van der Waals surface area contributed by atoms with Crippen molar-refractivity contribution in [3.05, 3.63) is 70.8 Å². The molecule has 0 unspecified atom stereocenters. The van der Waals surface area contributed by atoms with Crippen LogP contribution in [0.3, 0.4) is 0 Å². The average Bonchev–Trinajstić information content (AvgIpc) is 2.96. The molecule has 122 valence electrons. The third-order valence-corrected chi connectivity index (χ3v) is 5.64. The van der Waals surface area contributed by atoms with Crippen molar-refractivity contribution < 1.29 is 4.79 Å². The second kappa shape index (κ2) is 7.91. The molecule has 0 N–H and O–H groups in total. The van der Waals surface area contributed by atoms with Gasteiger partial charge in [-0.05, 0) is 66.0 Å². The number of carbonyl (C=O) groups excluding carboxylic acids is 1. The maximum Gasteiger partial charge on any atom is 0.163 e. The minimum Gasteiger partial charge on any atom is -0.294 e. The van der Waals surface area contributed by atoms with Gasteiger partial charge in [-0.25, -0.2) is 0 Å². The number of allylic oxidation sites excluding steroid dienone is 2. The molecular formula is C21H20OS2. The van der Waals surface area contributed by atoms with E-state index in [1.807, 2.05) is 6.08 Å². The zero-order valence-electron chi connectivity index (χ0n) is 13.9. The smallest absolute Gasteiger partial charge is 0.163 e. The first kappa shape index (κ1) is 17.1. The number of rotatable bonds is 4. The number of thioether (sulfide) groups is 2. The molecule has 0 atom stereocenters. The Morgan fingerprint density at radius 1 is 0.750 bits per heavy atom. The van der Waals surface area contributed by atoms with Gasteiger partial charge in [0.05, 0.1) is 0 Å². The summed E-state index contributed by atoms with van der Waals surface area (Å²) in [6.07, 6.45) is 9.77. The largest absolute Gasteiger partial charge is 0.294 e. The lowest BCUT2D eigenvalue weighted by molar-refractivity contribution is -0.114. The fraction of sp³-hybridized carbons (Fsp3) is 0.190. The van der Waals surface area contributed by atoms with Crippen molar-refractivity contribution in [3.63, 3.8) is 0 Å². The molecule has 1 fully saturated rings. The number of Topliss-reactive ketones (excluding diaryl/α,β-unsaturated/α-hetero) is 1. The third kappa shape index (κ3) is 4.03. The van der Waals surface area contributed by atoms with Crippen LogP contribution in [0, 0.1) is 0 Å². The second-order valence-corrected chi connectivity index (χ2v) is 7.46. The number of hydrogen-bond acceptors (Lipinski definition) is 3. The fourth-order valence-electron chi connectivity index (χ4n) is 2.79. The van der Waals surface area contributed by atoms with E-state index in [-0.39, 0.29) is 5.78 Å². The Balaban J connectivity index is 1.90. The quantitative estimate of drug-likeness (QED) is 0.499. The highest BCUT2D eigenvalue weighted by molar-refractivity contribution is 7.98. The molecule has 1 saturated carbocycles. The molecule has 0 aliphatic heterocycles. The van der Waals surface area contributed by atoms with E-state index in [1.165, 1.54) is 9.79 Å². The third-order valence-electron chi connectivity index (χ3n) is 4.15. The van der Waals surface area contributed by atoms with Crippen LogP contribution in [0.5, 0.6) is 0 Å². The molecular weight excluding hydrogens is 332 g/mol. The summed E-state index contributed by atoms with van der Waals surface area (Å²) in [4.78, 5) is 14.8. The van der Waals surface area contributed by atoms with Gasteiger partial charge < -0.3 is 0 Å². The van der Waals surface area contributed by atoms with Crippen molar-refractivity contribution in [2.24, 2.45) is 0 Å². The monoisotopic (exact) mass is 352 g/mol. The lowest BCUT2D eigenvalue weighted by Gasteiger charge is -2.03. The van der Waals surface area contributed by atoms with Crippen LogP contribution in [0.2, 0.25) is 0 Å². The lowest BCUT2D eigenvalue weighted by Crippen LogP contribution is -1.93. The lowest BCUT2D eigenvalue weighted by atomic mass is 10.0. The summed E-state index contributed by atoms with van der Waals surface area (Å²) in [5.41, 5.74) is 4.24. The van der Waals surface area contributed by atoms with E-state index in [0.717, 1.165) is 28.7 Å². The van der Waals surface area contributed by atoms with E-state index in [4.69, 9.17) is 0 Å².